The summed E-state index contributed by atoms with van der Waals surface area (Å²) in [5, 5.41) is 0. The van der Waals surface area contributed by atoms with E-state index < -0.39 is 0 Å². The van der Waals surface area contributed by atoms with Crippen LogP contribution in [-0.2, 0) is 4.79 Å². The Bertz CT molecular complexity index is 217. The van der Waals surface area contributed by atoms with Gasteiger partial charge in [-0.25, -0.2) is 0 Å². The summed E-state index contributed by atoms with van der Waals surface area (Å²) < 4.78 is 0. The number of hydrogen-bond donors (Lipinski definition) is 0. The number of rotatable bonds is 0. The molecule has 0 heterocycles. The van der Waals surface area contributed by atoms with Gasteiger partial charge in [-0.2, -0.15) is 0 Å². The summed E-state index contributed by atoms with van der Waals surface area (Å²) in [4.78, 5) is 11.4. The Kier molecular flexibility index (Phi) is 1.41. The molecule has 0 aromatic carbocycles. The lowest BCUT2D eigenvalue weighted by Gasteiger charge is -2.11. The van der Waals surface area contributed by atoms with Gasteiger partial charge in [-0.1, -0.05) is 19.1 Å². The Morgan fingerprint density at radius 1 is 1.55 bits per heavy atom. The van der Waals surface area contributed by atoms with Crippen LogP contribution in [0.2, 0.25) is 0 Å². The zero-order chi connectivity index (χ0) is 8.01. The summed E-state index contributed by atoms with van der Waals surface area (Å²) >= 11 is 0. The molecular weight excluding hydrogens is 136 g/mol. The number of fused-ring (bicyclic) bond motifs is 1. The topological polar surface area (TPSA) is 17.1 Å². The fourth-order valence-corrected chi connectivity index (χ4v) is 2.63. The molecule has 2 saturated carbocycles. The molecule has 0 spiro atoms. The number of hydrogen-bond acceptors (Lipinski definition) is 1. The molecule has 1 heteroatoms. The van der Waals surface area contributed by atoms with Gasteiger partial charge in [0, 0.05) is 12.3 Å². The first-order chi connectivity index (χ1) is 5.20. The minimum absolute atomic E-state index is 0.350. The average molecular weight is 150 g/mol. The minimum atomic E-state index is 0.350. The van der Waals surface area contributed by atoms with E-state index in [9.17, 15) is 4.79 Å². The fraction of sp³-hybridized carbons (Fsp3) is 0.700. The average Bonchev–Trinajstić information content (AvgIpc) is 2.41. The predicted molar refractivity (Wildman–Crippen MR) is 44.1 cm³/mol. The van der Waals surface area contributed by atoms with E-state index in [-0.39, 0.29) is 0 Å². The zero-order valence-electron chi connectivity index (χ0n) is 6.97. The van der Waals surface area contributed by atoms with E-state index in [1.165, 1.54) is 5.57 Å². The third-order valence-electron chi connectivity index (χ3n) is 3.35. The van der Waals surface area contributed by atoms with E-state index in [0.717, 1.165) is 19.3 Å². The monoisotopic (exact) mass is 150 g/mol. The van der Waals surface area contributed by atoms with E-state index in [1.54, 1.807) is 0 Å². The minimum Gasteiger partial charge on any atom is -0.299 e. The van der Waals surface area contributed by atoms with Crippen molar-refractivity contribution >= 4 is 5.78 Å². The maximum Gasteiger partial charge on any atom is 0.136 e. The van der Waals surface area contributed by atoms with Crippen LogP contribution in [0.3, 0.4) is 0 Å². The maximum atomic E-state index is 11.4. The Labute approximate surface area is 67.5 Å². The quantitative estimate of drug-likeness (QED) is 0.484. The van der Waals surface area contributed by atoms with Crippen molar-refractivity contribution < 1.29 is 4.79 Å². The van der Waals surface area contributed by atoms with Crippen LogP contribution in [0.5, 0.6) is 0 Å². The van der Waals surface area contributed by atoms with Gasteiger partial charge >= 0.3 is 0 Å². The van der Waals surface area contributed by atoms with Gasteiger partial charge < -0.3 is 0 Å². The Morgan fingerprint density at radius 2 is 2.27 bits per heavy atom. The molecule has 0 saturated heterocycles. The van der Waals surface area contributed by atoms with E-state index in [2.05, 4.69) is 13.5 Å². The van der Waals surface area contributed by atoms with Crippen molar-refractivity contribution in [2.45, 2.75) is 26.2 Å². The largest absolute Gasteiger partial charge is 0.299 e. The van der Waals surface area contributed by atoms with E-state index in [1.807, 2.05) is 0 Å². The smallest absolute Gasteiger partial charge is 0.136 e. The first kappa shape index (κ1) is 7.08. The summed E-state index contributed by atoms with van der Waals surface area (Å²) in [6.07, 6.45) is 3.05. The molecule has 0 aromatic heterocycles. The van der Waals surface area contributed by atoms with Gasteiger partial charge in [0.05, 0.1) is 0 Å². The molecule has 2 aliphatic rings. The van der Waals surface area contributed by atoms with Crippen LogP contribution in [0.25, 0.3) is 0 Å². The summed E-state index contributed by atoms with van der Waals surface area (Å²) in [5.41, 5.74) is 1.30. The molecule has 1 nitrogen and oxygen atoms in total. The van der Waals surface area contributed by atoms with Gasteiger partial charge in [-0.3, -0.25) is 4.79 Å². The highest BCUT2D eigenvalue weighted by Crippen LogP contribution is 2.47. The van der Waals surface area contributed by atoms with Crippen molar-refractivity contribution in [2.24, 2.45) is 17.8 Å². The van der Waals surface area contributed by atoms with Crippen LogP contribution < -0.4 is 0 Å². The third-order valence-corrected chi connectivity index (χ3v) is 3.35. The highest BCUT2D eigenvalue weighted by molar-refractivity contribution is 5.84. The van der Waals surface area contributed by atoms with Crippen LogP contribution in [0, 0.1) is 17.8 Å². The Hall–Kier alpha value is -0.590. The molecule has 2 rings (SSSR count). The van der Waals surface area contributed by atoms with Crippen molar-refractivity contribution in [2.75, 3.05) is 0 Å². The molecule has 60 valence electrons. The first-order valence-electron chi connectivity index (χ1n) is 4.40. The lowest BCUT2D eigenvalue weighted by atomic mass is 9.92. The molecule has 0 N–H and O–H groups in total. The number of carbonyl (C=O) groups excluding carboxylic acids is 1. The SMILES string of the molecule is C=C1CC2CCC(=O)C2C1C. The van der Waals surface area contributed by atoms with Crippen LogP contribution in [-0.4, -0.2) is 5.78 Å². The molecule has 0 bridgehead atoms. The number of ketones is 1. The Morgan fingerprint density at radius 3 is 2.91 bits per heavy atom. The van der Waals surface area contributed by atoms with Crippen molar-refractivity contribution in [1.29, 1.82) is 0 Å². The molecule has 2 aliphatic carbocycles. The predicted octanol–water partition coefficient (Wildman–Crippen LogP) is 2.18. The molecule has 0 aliphatic heterocycles. The van der Waals surface area contributed by atoms with Gasteiger partial charge in [-0.15, -0.1) is 0 Å². The second kappa shape index (κ2) is 2.20. The van der Waals surface area contributed by atoms with E-state index >= 15 is 0 Å². The molecule has 2 fully saturated rings. The van der Waals surface area contributed by atoms with Gasteiger partial charge in [0.2, 0.25) is 0 Å². The van der Waals surface area contributed by atoms with Crippen molar-refractivity contribution in [3.8, 4) is 0 Å². The first-order valence-corrected chi connectivity index (χ1v) is 4.40. The standard InChI is InChI=1S/C10H14O/c1-6-5-8-3-4-9(11)10(8)7(6)2/h7-8,10H,1,3-5H2,2H3. The number of allylic oxidation sites excluding steroid dienone is 1. The van der Waals surface area contributed by atoms with Gasteiger partial charge in [0.25, 0.3) is 0 Å². The fourth-order valence-electron chi connectivity index (χ4n) is 2.63. The van der Waals surface area contributed by atoms with Gasteiger partial charge in [0.1, 0.15) is 5.78 Å². The molecular formula is C10H14O. The van der Waals surface area contributed by atoms with Crippen LogP contribution >= 0.6 is 0 Å². The van der Waals surface area contributed by atoms with Crippen LogP contribution in [0.1, 0.15) is 26.2 Å². The molecule has 3 atom stereocenters. The van der Waals surface area contributed by atoms with E-state index in [4.69, 9.17) is 0 Å². The van der Waals surface area contributed by atoms with Crippen LogP contribution in [0.4, 0.5) is 0 Å². The lowest BCUT2D eigenvalue weighted by molar-refractivity contribution is -0.121. The van der Waals surface area contributed by atoms with E-state index in [0.29, 0.717) is 23.5 Å². The molecule has 11 heavy (non-hydrogen) atoms. The highest BCUT2D eigenvalue weighted by atomic mass is 16.1. The third kappa shape index (κ3) is 0.867. The second-order valence-electron chi connectivity index (χ2n) is 3.94. The molecule has 0 radical (unpaired) electrons. The summed E-state index contributed by atoms with van der Waals surface area (Å²) in [5.74, 6) is 1.96. The lowest BCUT2D eigenvalue weighted by Crippen LogP contribution is -2.15. The van der Waals surface area contributed by atoms with Gasteiger partial charge in [-0.05, 0) is 24.7 Å². The molecule has 0 amide bonds. The second-order valence-corrected chi connectivity index (χ2v) is 3.94. The van der Waals surface area contributed by atoms with Crippen molar-refractivity contribution in [3.63, 3.8) is 0 Å². The summed E-state index contributed by atoms with van der Waals surface area (Å²) in [6, 6.07) is 0. The Balaban J connectivity index is 2.26. The number of Topliss-reactive ketones (excluding diaryl/α,β-unsaturated/α-hetero) is 1. The summed E-state index contributed by atoms with van der Waals surface area (Å²) in [7, 11) is 0. The summed E-state index contributed by atoms with van der Waals surface area (Å²) in [6.45, 7) is 6.15. The van der Waals surface area contributed by atoms with Crippen LogP contribution in [0.15, 0.2) is 12.2 Å². The van der Waals surface area contributed by atoms with Crippen molar-refractivity contribution in [1.82, 2.24) is 0 Å². The normalized spacial score (nSPS) is 43.2. The zero-order valence-corrected chi connectivity index (χ0v) is 6.97. The number of carbonyl (C=O) groups is 1. The maximum absolute atomic E-state index is 11.4. The highest BCUT2D eigenvalue weighted by Gasteiger charge is 2.44. The molecule has 3 unspecified atom stereocenters. The van der Waals surface area contributed by atoms with Crippen molar-refractivity contribution in [3.05, 3.63) is 12.2 Å². The molecule has 0 aromatic rings. The van der Waals surface area contributed by atoms with Gasteiger partial charge in [0.15, 0.2) is 0 Å².